The number of benzene rings is 2. The van der Waals surface area contributed by atoms with Crippen LogP contribution in [0.25, 0.3) is 0 Å². The minimum Gasteiger partial charge on any atom is -0.490 e. The average molecular weight is 513 g/mol. The number of nitrogens with zero attached hydrogens (tertiary/aromatic N) is 2. The van der Waals surface area contributed by atoms with Crippen LogP contribution in [0, 0.1) is 5.82 Å². The molecule has 0 aromatic heterocycles. The first-order valence-electron chi connectivity index (χ1n) is 9.65. The fourth-order valence-electron chi connectivity index (χ4n) is 3.41. The van der Waals surface area contributed by atoms with Crippen LogP contribution in [0.4, 0.5) is 4.39 Å². The molecule has 1 heterocycles. The number of para-hydroxylation sites is 1. The van der Waals surface area contributed by atoms with Gasteiger partial charge in [-0.25, -0.2) is 4.39 Å². The van der Waals surface area contributed by atoms with Crippen LogP contribution in [0.5, 0.6) is 5.75 Å². The average Bonchev–Trinajstić information content (AvgIpc) is 2.74. The molecule has 2 aromatic rings. The largest absolute Gasteiger partial charge is 0.490 e. The van der Waals surface area contributed by atoms with Gasteiger partial charge < -0.3 is 19.7 Å². The van der Waals surface area contributed by atoms with Gasteiger partial charge in [-0.2, -0.15) is 0 Å². The third-order valence-corrected chi connectivity index (χ3v) is 4.97. The van der Waals surface area contributed by atoms with Crippen LogP contribution < -0.4 is 10.1 Å². The van der Waals surface area contributed by atoms with Gasteiger partial charge in [-0.3, -0.25) is 4.99 Å². The molecule has 1 aliphatic heterocycles. The summed E-state index contributed by atoms with van der Waals surface area (Å²) < 4.78 is 24.8. The molecule has 29 heavy (non-hydrogen) atoms. The van der Waals surface area contributed by atoms with Gasteiger partial charge in [-0.1, -0.05) is 30.3 Å². The molecule has 0 aliphatic carbocycles. The Bertz CT molecular complexity index is 750. The minimum absolute atomic E-state index is 0. The summed E-state index contributed by atoms with van der Waals surface area (Å²) in [6.45, 7) is 2.33. The van der Waals surface area contributed by atoms with E-state index in [0.717, 1.165) is 43.2 Å². The number of likely N-dealkylation sites (tertiary alicyclic amines) is 1. The molecule has 3 rings (SSSR count). The van der Waals surface area contributed by atoms with Crippen molar-refractivity contribution in [2.45, 2.75) is 25.0 Å². The number of nitrogens with one attached hydrogen (secondary N) is 1. The molecule has 2 aromatic carbocycles. The number of methoxy groups -OCH3 is 1. The number of piperidine rings is 1. The molecular weight excluding hydrogens is 484 g/mol. The third-order valence-electron chi connectivity index (χ3n) is 4.97. The zero-order valence-corrected chi connectivity index (χ0v) is 19.2. The van der Waals surface area contributed by atoms with Crippen molar-refractivity contribution in [2.24, 2.45) is 4.99 Å². The van der Waals surface area contributed by atoms with Crippen LogP contribution in [0.3, 0.4) is 0 Å². The summed E-state index contributed by atoms with van der Waals surface area (Å²) in [6, 6.07) is 16.4. The molecule has 1 unspecified atom stereocenters. The number of ether oxygens (including phenoxy) is 2. The van der Waals surface area contributed by atoms with Crippen molar-refractivity contribution < 1.29 is 13.9 Å². The van der Waals surface area contributed by atoms with Crippen molar-refractivity contribution in [1.82, 2.24) is 10.2 Å². The Labute approximate surface area is 189 Å². The summed E-state index contributed by atoms with van der Waals surface area (Å²) in [6.07, 6.45) is 1.95. The lowest BCUT2D eigenvalue weighted by molar-refractivity contribution is 0.103. The Kier molecular flexibility index (Phi) is 9.66. The highest BCUT2D eigenvalue weighted by molar-refractivity contribution is 14.0. The molecule has 5 nitrogen and oxygen atoms in total. The highest BCUT2D eigenvalue weighted by Gasteiger charge is 2.23. The summed E-state index contributed by atoms with van der Waals surface area (Å²) >= 11 is 0. The minimum atomic E-state index is -0.247. The fraction of sp³-hybridized carbons (Fsp3) is 0.409. The maximum Gasteiger partial charge on any atom is 0.193 e. The summed E-state index contributed by atoms with van der Waals surface area (Å²) in [7, 11) is 3.44. The molecule has 0 spiro atoms. The van der Waals surface area contributed by atoms with Crippen molar-refractivity contribution in [3.05, 3.63) is 66.0 Å². The van der Waals surface area contributed by atoms with Gasteiger partial charge >= 0.3 is 0 Å². The van der Waals surface area contributed by atoms with Gasteiger partial charge in [-0.15, -0.1) is 24.0 Å². The zero-order chi connectivity index (χ0) is 19.8. The summed E-state index contributed by atoms with van der Waals surface area (Å²) in [5.74, 6) is 1.52. The van der Waals surface area contributed by atoms with E-state index in [0.29, 0.717) is 6.54 Å². The number of rotatable bonds is 6. The second kappa shape index (κ2) is 12.0. The highest BCUT2D eigenvalue weighted by Crippen LogP contribution is 2.19. The van der Waals surface area contributed by atoms with Gasteiger partial charge in [0.1, 0.15) is 17.7 Å². The topological polar surface area (TPSA) is 46.1 Å². The van der Waals surface area contributed by atoms with Crippen LogP contribution in [0.15, 0.2) is 59.6 Å². The van der Waals surface area contributed by atoms with Crippen LogP contribution >= 0.6 is 24.0 Å². The van der Waals surface area contributed by atoms with Gasteiger partial charge in [0, 0.05) is 46.6 Å². The molecule has 158 valence electrons. The quantitative estimate of drug-likeness (QED) is 0.357. The number of hydrogen-bond acceptors (Lipinski definition) is 3. The molecule has 0 saturated carbocycles. The molecule has 7 heteroatoms. The number of aliphatic imine (C=N–C) groups is 1. The molecular formula is C22H29FIN3O2. The van der Waals surface area contributed by atoms with E-state index in [-0.39, 0.29) is 42.0 Å². The summed E-state index contributed by atoms with van der Waals surface area (Å²) in [5.41, 5.74) is 0.932. The van der Waals surface area contributed by atoms with Crippen LogP contribution in [0.1, 0.15) is 24.5 Å². The van der Waals surface area contributed by atoms with Crippen molar-refractivity contribution in [1.29, 1.82) is 0 Å². The third kappa shape index (κ3) is 6.85. The van der Waals surface area contributed by atoms with E-state index < -0.39 is 0 Å². The lowest BCUT2D eigenvalue weighted by Gasteiger charge is -2.34. The van der Waals surface area contributed by atoms with Gasteiger partial charge in [-0.05, 0) is 29.8 Å². The molecule has 1 atom stereocenters. The molecule has 1 N–H and O–H groups in total. The van der Waals surface area contributed by atoms with E-state index in [2.05, 4.69) is 15.2 Å². The fourth-order valence-corrected chi connectivity index (χ4v) is 3.41. The van der Waals surface area contributed by atoms with Crippen LogP contribution in [0.2, 0.25) is 0 Å². The predicted molar refractivity (Wildman–Crippen MR) is 125 cm³/mol. The van der Waals surface area contributed by atoms with Gasteiger partial charge in [0.2, 0.25) is 0 Å². The lowest BCUT2D eigenvalue weighted by atomic mass is 10.1. The van der Waals surface area contributed by atoms with Crippen molar-refractivity contribution in [3.8, 4) is 5.75 Å². The number of halogens is 2. The van der Waals surface area contributed by atoms with Gasteiger partial charge in [0.05, 0.1) is 6.10 Å². The first-order chi connectivity index (χ1) is 13.7. The second-order valence-corrected chi connectivity index (χ2v) is 6.82. The van der Waals surface area contributed by atoms with Crippen LogP contribution in [-0.2, 0) is 4.74 Å². The monoisotopic (exact) mass is 513 g/mol. The number of hydrogen-bond donors (Lipinski definition) is 1. The molecule has 1 aliphatic rings. The van der Waals surface area contributed by atoms with Crippen molar-refractivity contribution in [3.63, 3.8) is 0 Å². The Hall–Kier alpha value is -1.87. The molecule has 0 radical (unpaired) electrons. The van der Waals surface area contributed by atoms with E-state index in [4.69, 9.17) is 9.47 Å². The second-order valence-electron chi connectivity index (χ2n) is 6.82. The highest BCUT2D eigenvalue weighted by atomic mass is 127. The predicted octanol–water partition coefficient (Wildman–Crippen LogP) is 4.25. The van der Waals surface area contributed by atoms with E-state index in [9.17, 15) is 4.39 Å². The molecule has 1 saturated heterocycles. The van der Waals surface area contributed by atoms with Crippen molar-refractivity contribution in [2.75, 3.05) is 33.8 Å². The normalized spacial score (nSPS) is 16.1. The maximum absolute atomic E-state index is 13.1. The SMILES string of the molecule is CN=C(NCC(OC)c1ccc(F)cc1)N1CCC(Oc2ccccc2)CC1.I. The standard InChI is InChI=1S/C22H28FN3O2.HI/c1-24-22(25-16-21(27-2)17-8-10-18(23)11-9-17)26-14-12-20(13-15-26)28-19-6-4-3-5-7-19;/h3-11,20-21H,12-16H2,1-2H3,(H,24,25);1H. The van der Waals surface area contributed by atoms with Gasteiger partial charge in [0.15, 0.2) is 5.96 Å². The van der Waals surface area contributed by atoms with E-state index in [1.54, 1.807) is 26.3 Å². The zero-order valence-electron chi connectivity index (χ0n) is 16.9. The Morgan fingerprint density at radius 2 is 1.79 bits per heavy atom. The molecule has 0 bridgehead atoms. The van der Waals surface area contributed by atoms with E-state index in [1.165, 1.54) is 12.1 Å². The summed E-state index contributed by atoms with van der Waals surface area (Å²) in [4.78, 5) is 6.65. The smallest absolute Gasteiger partial charge is 0.193 e. The Morgan fingerprint density at radius 1 is 1.14 bits per heavy atom. The first-order valence-corrected chi connectivity index (χ1v) is 9.65. The van der Waals surface area contributed by atoms with Crippen molar-refractivity contribution >= 4 is 29.9 Å². The molecule has 0 amide bonds. The maximum atomic E-state index is 13.1. The molecule has 1 fully saturated rings. The summed E-state index contributed by atoms with van der Waals surface area (Å²) in [5, 5.41) is 3.38. The number of guanidine groups is 1. The first kappa shape index (κ1) is 23.4. The Balaban J connectivity index is 0.00000300. The van der Waals surface area contributed by atoms with Crippen LogP contribution in [-0.4, -0.2) is 50.8 Å². The van der Waals surface area contributed by atoms with E-state index >= 15 is 0 Å². The Morgan fingerprint density at radius 3 is 2.38 bits per heavy atom. The lowest BCUT2D eigenvalue weighted by Crippen LogP contribution is -2.48. The van der Waals surface area contributed by atoms with Gasteiger partial charge in [0.25, 0.3) is 0 Å². The van der Waals surface area contributed by atoms with E-state index in [1.807, 2.05) is 30.3 Å².